The molecule has 0 saturated heterocycles. The topological polar surface area (TPSA) is 20.3 Å². The minimum Gasteiger partial charge on any atom is -0.325 e. The average Bonchev–Trinajstić information content (AvgIpc) is 1.89. The van der Waals surface area contributed by atoms with Crippen LogP contribution in [-0.2, 0) is 4.79 Å². The molecule has 0 heterocycles. The van der Waals surface area contributed by atoms with Gasteiger partial charge in [0.2, 0.25) is 6.41 Å². The van der Waals surface area contributed by atoms with E-state index in [1.807, 2.05) is 19.1 Å². The van der Waals surface area contributed by atoms with E-state index in [-0.39, 0.29) is 0 Å². The zero-order valence-corrected chi connectivity index (χ0v) is 5.74. The molecular formula is C7H11NO. The molecular weight excluding hydrogens is 114 g/mol. The van der Waals surface area contributed by atoms with Crippen molar-refractivity contribution in [3.8, 4) is 0 Å². The SMILES string of the molecule is C/C=C\C=C/N(C)C=O. The number of carbonyl (C=O) groups is 1. The monoisotopic (exact) mass is 125 g/mol. The fourth-order valence-electron chi connectivity index (χ4n) is 0.332. The number of hydrogen-bond acceptors (Lipinski definition) is 1. The van der Waals surface area contributed by atoms with E-state index in [9.17, 15) is 4.79 Å². The Labute approximate surface area is 55.5 Å². The summed E-state index contributed by atoms with van der Waals surface area (Å²) in [5.74, 6) is 0. The Balaban J connectivity index is 3.55. The lowest BCUT2D eigenvalue weighted by Gasteiger charge is -1.98. The Morgan fingerprint density at radius 1 is 1.33 bits per heavy atom. The van der Waals surface area contributed by atoms with Crippen LogP contribution in [0.4, 0.5) is 0 Å². The van der Waals surface area contributed by atoms with Gasteiger partial charge in [-0.05, 0) is 13.0 Å². The molecule has 0 bridgehead atoms. The Bertz CT molecular complexity index is 127. The lowest BCUT2D eigenvalue weighted by molar-refractivity contribution is -0.114. The van der Waals surface area contributed by atoms with Crippen molar-refractivity contribution in [2.45, 2.75) is 6.92 Å². The van der Waals surface area contributed by atoms with Gasteiger partial charge in [0, 0.05) is 13.2 Å². The van der Waals surface area contributed by atoms with E-state index in [4.69, 9.17) is 0 Å². The maximum atomic E-state index is 9.95. The van der Waals surface area contributed by atoms with Gasteiger partial charge in [0.05, 0.1) is 0 Å². The molecule has 0 aliphatic heterocycles. The first kappa shape index (κ1) is 7.95. The van der Waals surface area contributed by atoms with Gasteiger partial charge in [-0.15, -0.1) is 0 Å². The van der Waals surface area contributed by atoms with Crippen molar-refractivity contribution in [2.24, 2.45) is 0 Å². The van der Waals surface area contributed by atoms with E-state index >= 15 is 0 Å². The molecule has 2 nitrogen and oxygen atoms in total. The second kappa shape index (κ2) is 5.09. The summed E-state index contributed by atoms with van der Waals surface area (Å²) in [6.45, 7) is 1.92. The van der Waals surface area contributed by atoms with Crippen LogP contribution in [0.3, 0.4) is 0 Å². The largest absolute Gasteiger partial charge is 0.325 e. The van der Waals surface area contributed by atoms with Crippen LogP contribution in [0.1, 0.15) is 6.92 Å². The number of rotatable bonds is 3. The minimum absolute atomic E-state index is 0.750. The molecule has 0 atom stereocenters. The lowest BCUT2D eigenvalue weighted by Crippen LogP contribution is -2.05. The molecule has 0 radical (unpaired) electrons. The highest BCUT2D eigenvalue weighted by atomic mass is 16.1. The van der Waals surface area contributed by atoms with Gasteiger partial charge in [-0.2, -0.15) is 0 Å². The van der Waals surface area contributed by atoms with E-state index in [0.717, 1.165) is 6.41 Å². The van der Waals surface area contributed by atoms with E-state index in [2.05, 4.69) is 0 Å². The summed E-state index contributed by atoms with van der Waals surface area (Å²) in [5.41, 5.74) is 0. The van der Waals surface area contributed by atoms with E-state index < -0.39 is 0 Å². The molecule has 1 amide bonds. The van der Waals surface area contributed by atoms with Crippen LogP contribution in [-0.4, -0.2) is 18.4 Å². The van der Waals surface area contributed by atoms with Gasteiger partial charge in [-0.25, -0.2) is 0 Å². The quantitative estimate of drug-likeness (QED) is 0.409. The first-order valence-electron chi connectivity index (χ1n) is 2.78. The fourth-order valence-corrected chi connectivity index (χ4v) is 0.332. The van der Waals surface area contributed by atoms with Crippen LogP contribution in [0, 0.1) is 0 Å². The third-order valence-corrected chi connectivity index (χ3v) is 0.791. The van der Waals surface area contributed by atoms with E-state index in [1.54, 1.807) is 19.3 Å². The number of carbonyl (C=O) groups excluding carboxylic acids is 1. The molecule has 0 N–H and O–H groups in total. The Morgan fingerprint density at radius 2 is 2.00 bits per heavy atom. The van der Waals surface area contributed by atoms with Crippen molar-refractivity contribution in [3.05, 3.63) is 24.4 Å². The van der Waals surface area contributed by atoms with Crippen molar-refractivity contribution in [2.75, 3.05) is 7.05 Å². The van der Waals surface area contributed by atoms with E-state index in [0.29, 0.717) is 0 Å². The fraction of sp³-hybridized carbons (Fsp3) is 0.286. The summed E-state index contributed by atoms with van der Waals surface area (Å²) >= 11 is 0. The van der Waals surface area contributed by atoms with Crippen LogP contribution in [0.15, 0.2) is 24.4 Å². The summed E-state index contributed by atoms with van der Waals surface area (Å²) < 4.78 is 0. The molecule has 0 aliphatic carbocycles. The smallest absolute Gasteiger partial charge is 0.213 e. The van der Waals surface area contributed by atoms with Gasteiger partial charge < -0.3 is 4.90 Å². The van der Waals surface area contributed by atoms with Gasteiger partial charge in [-0.3, -0.25) is 4.79 Å². The van der Waals surface area contributed by atoms with Crippen LogP contribution in [0.2, 0.25) is 0 Å². The second-order valence-corrected chi connectivity index (χ2v) is 1.64. The summed E-state index contributed by atoms with van der Waals surface area (Å²) in [6.07, 6.45) is 8.00. The number of hydrogen-bond donors (Lipinski definition) is 0. The van der Waals surface area contributed by atoms with Crippen LogP contribution >= 0.6 is 0 Å². The zero-order chi connectivity index (χ0) is 7.11. The summed E-state index contributed by atoms with van der Waals surface area (Å²) in [7, 11) is 1.69. The predicted octanol–water partition coefficient (Wildman–Crippen LogP) is 1.16. The van der Waals surface area contributed by atoms with Gasteiger partial charge in [0.25, 0.3) is 0 Å². The Kier molecular flexibility index (Phi) is 4.50. The molecule has 0 unspecified atom stereocenters. The molecule has 0 saturated carbocycles. The van der Waals surface area contributed by atoms with Crippen molar-refractivity contribution < 1.29 is 4.79 Å². The molecule has 2 heteroatoms. The van der Waals surface area contributed by atoms with Crippen LogP contribution in [0.25, 0.3) is 0 Å². The number of allylic oxidation sites excluding steroid dienone is 3. The standard InChI is InChI=1S/C7H11NO/c1-3-4-5-6-8(2)7-9/h3-7H,1-2H3/b4-3-,6-5-. The Hall–Kier alpha value is -1.05. The highest BCUT2D eigenvalue weighted by molar-refractivity contribution is 5.48. The molecule has 50 valence electrons. The normalized spacial score (nSPS) is 10.9. The molecule has 9 heavy (non-hydrogen) atoms. The number of amides is 1. The van der Waals surface area contributed by atoms with Crippen molar-refractivity contribution in [1.82, 2.24) is 4.90 Å². The third kappa shape index (κ3) is 4.81. The highest BCUT2D eigenvalue weighted by Gasteiger charge is 1.77. The summed E-state index contributed by atoms with van der Waals surface area (Å²) in [6, 6.07) is 0. The predicted molar refractivity (Wildman–Crippen MR) is 37.8 cm³/mol. The molecule has 0 spiro atoms. The summed E-state index contributed by atoms with van der Waals surface area (Å²) in [4.78, 5) is 11.4. The van der Waals surface area contributed by atoms with E-state index in [1.165, 1.54) is 4.90 Å². The molecule has 0 aromatic carbocycles. The van der Waals surface area contributed by atoms with Gasteiger partial charge in [0.1, 0.15) is 0 Å². The molecule has 0 rings (SSSR count). The molecule has 0 aromatic rings. The average molecular weight is 125 g/mol. The third-order valence-electron chi connectivity index (χ3n) is 0.791. The lowest BCUT2D eigenvalue weighted by atomic mass is 10.5. The zero-order valence-electron chi connectivity index (χ0n) is 5.74. The molecule has 0 aliphatic rings. The second-order valence-electron chi connectivity index (χ2n) is 1.64. The first-order valence-corrected chi connectivity index (χ1v) is 2.78. The van der Waals surface area contributed by atoms with Crippen LogP contribution in [0.5, 0.6) is 0 Å². The van der Waals surface area contributed by atoms with Gasteiger partial charge >= 0.3 is 0 Å². The first-order chi connectivity index (χ1) is 4.31. The maximum absolute atomic E-state index is 9.95. The number of nitrogens with zero attached hydrogens (tertiary/aromatic N) is 1. The summed E-state index contributed by atoms with van der Waals surface area (Å²) in [5, 5.41) is 0. The molecule has 0 aromatic heterocycles. The van der Waals surface area contributed by atoms with Gasteiger partial charge in [0.15, 0.2) is 0 Å². The van der Waals surface area contributed by atoms with Crippen molar-refractivity contribution in [1.29, 1.82) is 0 Å². The van der Waals surface area contributed by atoms with Gasteiger partial charge in [-0.1, -0.05) is 12.2 Å². The highest BCUT2D eigenvalue weighted by Crippen LogP contribution is 1.79. The maximum Gasteiger partial charge on any atom is 0.213 e. The van der Waals surface area contributed by atoms with Crippen molar-refractivity contribution >= 4 is 6.41 Å². The minimum atomic E-state index is 0.750. The Morgan fingerprint density at radius 3 is 2.44 bits per heavy atom. The van der Waals surface area contributed by atoms with Crippen molar-refractivity contribution in [3.63, 3.8) is 0 Å². The molecule has 0 fully saturated rings. The van der Waals surface area contributed by atoms with Crippen LogP contribution < -0.4 is 0 Å².